The van der Waals surface area contributed by atoms with Gasteiger partial charge in [0.25, 0.3) is 0 Å². The minimum Gasteiger partial charge on any atom is -0.372 e. The van der Waals surface area contributed by atoms with Crippen LogP contribution in [0, 0.1) is 0 Å². The molecule has 3 atom stereocenters. The molecule has 1 amide bonds. The topological polar surface area (TPSA) is 54.5 Å². The van der Waals surface area contributed by atoms with Gasteiger partial charge in [-0.1, -0.05) is 18.2 Å². The number of hydrogen-bond donors (Lipinski definition) is 1. The van der Waals surface area contributed by atoms with Crippen LogP contribution in [0.5, 0.6) is 0 Å². The number of thioether (sulfide) groups is 1. The second-order valence-corrected chi connectivity index (χ2v) is 8.04. The fourth-order valence-corrected chi connectivity index (χ4v) is 3.90. The first-order valence-corrected chi connectivity index (χ1v) is 9.78. The van der Waals surface area contributed by atoms with Crippen LogP contribution in [0.15, 0.2) is 53.6 Å². The van der Waals surface area contributed by atoms with E-state index in [1.54, 1.807) is 18.0 Å². The molecule has 138 valence electrons. The SMILES string of the molecule is CC1CN(c2ccc(NC(=O)C(C)Sc3ccccc3)cn2)CC(C)O1. The van der Waals surface area contributed by atoms with E-state index in [1.165, 1.54) is 0 Å². The van der Waals surface area contributed by atoms with Crippen molar-refractivity contribution in [2.45, 2.75) is 43.1 Å². The Kier molecular flexibility index (Phi) is 6.16. The van der Waals surface area contributed by atoms with Crippen molar-refractivity contribution >= 4 is 29.2 Å². The molecule has 3 rings (SSSR count). The van der Waals surface area contributed by atoms with E-state index in [0.29, 0.717) is 5.69 Å². The maximum absolute atomic E-state index is 12.4. The van der Waals surface area contributed by atoms with E-state index in [2.05, 4.69) is 29.0 Å². The number of aromatic nitrogens is 1. The third-order valence-corrected chi connectivity index (χ3v) is 5.30. The molecule has 1 N–H and O–H groups in total. The number of anilines is 2. The summed E-state index contributed by atoms with van der Waals surface area (Å²) >= 11 is 1.54. The summed E-state index contributed by atoms with van der Waals surface area (Å²) in [5, 5.41) is 2.76. The van der Waals surface area contributed by atoms with E-state index in [-0.39, 0.29) is 23.4 Å². The molecule has 0 aliphatic carbocycles. The summed E-state index contributed by atoms with van der Waals surface area (Å²) < 4.78 is 5.76. The number of amides is 1. The van der Waals surface area contributed by atoms with E-state index < -0.39 is 0 Å². The first-order valence-electron chi connectivity index (χ1n) is 8.90. The van der Waals surface area contributed by atoms with Crippen LogP contribution in [-0.2, 0) is 9.53 Å². The maximum Gasteiger partial charge on any atom is 0.237 e. The molecule has 0 saturated carbocycles. The predicted octanol–water partition coefficient (Wildman–Crippen LogP) is 3.81. The van der Waals surface area contributed by atoms with Gasteiger partial charge in [0.1, 0.15) is 5.82 Å². The monoisotopic (exact) mass is 371 g/mol. The highest BCUT2D eigenvalue weighted by molar-refractivity contribution is 8.00. The predicted molar refractivity (Wildman–Crippen MR) is 107 cm³/mol. The lowest BCUT2D eigenvalue weighted by molar-refractivity contribution is -0.115. The summed E-state index contributed by atoms with van der Waals surface area (Å²) in [6.07, 6.45) is 2.10. The number of carbonyl (C=O) groups excluding carboxylic acids is 1. The molecule has 2 aromatic rings. The lowest BCUT2D eigenvalue weighted by Crippen LogP contribution is -2.45. The summed E-state index contributed by atoms with van der Waals surface area (Å²) in [5.74, 6) is 0.888. The van der Waals surface area contributed by atoms with E-state index in [4.69, 9.17) is 4.74 Å². The molecule has 0 radical (unpaired) electrons. The number of ether oxygens (including phenoxy) is 1. The van der Waals surface area contributed by atoms with Gasteiger partial charge in [0.15, 0.2) is 0 Å². The summed E-state index contributed by atoms with van der Waals surface area (Å²) in [6.45, 7) is 7.71. The molecule has 3 unspecified atom stereocenters. The molecule has 1 aliphatic heterocycles. The first-order chi connectivity index (χ1) is 12.5. The van der Waals surface area contributed by atoms with Crippen molar-refractivity contribution in [1.82, 2.24) is 4.98 Å². The minimum absolute atomic E-state index is 0.0259. The van der Waals surface area contributed by atoms with Gasteiger partial charge in [-0.25, -0.2) is 4.98 Å². The van der Waals surface area contributed by atoms with E-state index in [0.717, 1.165) is 23.8 Å². The van der Waals surface area contributed by atoms with Gasteiger partial charge in [-0.2, -0.15) is 0 Å². The highest BCUT2D eigenvalue weighted by Gasteiger charge is 2.23. The Morgan fingerprint density at radius 1 is 1.19 bits per heavy atom. The average Bonchev–Trinajstić information content (AvgIpc) is 2.62. The van der Waals surface area contributed by atoms with E-state index in [9.17, 15) is 4.79 Å². The molecule has 1 fully saturated rings. The molecule has 0 spiro atoms. The first kappa shape index (κ1) is 18.7. The van der Waals surface area contributed by atoms with Crippen LogP contribution in [0.25, 0.3) is 0 Å². The Labute approximate surface area is 159 Å². The van der Waals surface area contributed by atoms with Crippen molar-refractivity contribution in [3.05, 3.63) is 48.7 Å². The van der Waals surface area contributed by atoms with Crippen molar-refractivity contribution in [2.75, 3.05) is 23.3 Å². The molecular formula is C20H25N3O2S. The van der Waals surface area contributed by atoms with Gasteiger partial charge in [0.2, 0.25) is 5.91 Å². The molecule has 1 aromatic carbocycles. The number of nitrogens with zero attached hydrogens (tertiary/aromatic N) is 2. The lowest BCUT2D eigenvalue weighted by atomic mass is 10.2. The van der Waals surface area contributed by atoms with Crippen molar-refractivity contribution in [1.29, 1.82) is 0 Å². The quantitative estimate of drug-likeness (QED) is 0.810. The van der Waals surface area contributed by atoms with E-state index in [1.807, 2.05) is 49.4 Å². The van der Waals surface area contributed by atoms with Gasteiger partial charge >= 0.3 is 0 Å². The van der Waals surface area contributed by atoms with Crippen molar-refractivity contribution < 1.29 is 9.53 Å². The summed E-state index contributed by atoms with van der Waals surface area (Å²) in [6, 6.07) is 13.8. The number of pyridine rings is 1. The number of morpholine rings is 1. The molecule has 1 aliphatic rings. The normalized spacial score (nSPS) is 21.3. The lowest BCUT2D eigenvalue weighted by Gasteiger charge is -2.36. The van der Waals surface area contributed by atoms with Gasteiger partial charge in [0.05, 0.1) is 29.3 Å². The fourth-order valence-electron chi connectivity index (χ4n) is 3.01. The number of rotatable bonds is 5. The Balaban J connectivity index is 1.57. The van der Waals surface area contributed by atoms with Crippen LogP contribution in [0.1, 0.15) is 20.8 Å². The van der Waals surface area contributed by atoms with Crippen LogP contribution in [-0.4, -0.2) is 41.4 Å². The molecule has 1 aromatic heterocycles. The number of nitrogens with one attached hydrogen (secondary N) is 1. The molecule has 1 saturated heterocycles. The Morgan fingerprint density at radius 2 is 1.88 bits per heavy atom. The standard InChI is InChI=1S/C20H25N3O2S/c1-14-12-23(13-15(2)25-14)19-10-9-17(11-21-19)22-20(24)16(3)26-18-7-5-4-6-8-18/h4-11,14-16H,12-13H2,1-3H3,(H,22,24). The molecule has 2 heterocycles. The third kappa shape index (κ3) is 4.99. The Bertz CT molecular complexity index is 714. The summed E-state index contributed by atoms with van der Waals surface area (Å²) in [4.78, 5) is 20.2. The van der Waals surface area contributed by atoms with Crippen molar-refractivity contribution in [3.63, 3.8) is 0 Å². The summed E-state index contributed by atoms with van der Waals surface area (Å²) in [7, 11) is 0. The van der Waals surface area contributed by atoms with Crippen LogP contribution in [0.3, 0.4) is 0 Å². The molecular weight excluding hydrogens is 346 g/mol. The second kappa shape index (κ2) is 8.56. The van der Waals surface area contributed by atoms with E-state index >= 15 is 0 Å². The zero-order valence-corrected chi connectivity index (χ0v) is 16.2. The van der Waals surface area contributed by atoms with Gasteiger partial charge in [-0.15, -0.1) is 11.8 Å². The highest BCUT2D eigenvalue weighted by atomic mass is 32.2. The van der Waals surface area contributed by atoms with Crippen molar-refractivity contribution in [3.8, 4) is 0 Å². The number of hydrogen-bond acceptors (Lipinski definition) is 5. The maximum atomic E-state index is 12.4. The number of carbonyl (C=O) groups is 1. The van der Waals surface area contributed by atoms with Crippen LogP contribution >= 0.6 is 11.8 Å². The smallest absolute Gasteiger partial charge is 0.237 e. The van der Waals surface area contributed by atoms with Crippen LogP contribution < -0.4 is 10.2 Å². The van der Waals surface area contributed by atoms with Crippen LogP contribution in [0.2, 0.25) is 0 Å². The number of benzene rings is 1. The van der Waals surface area contributed by atoms with Crippen LogP contribution in [0.4, 0.5) is 11.5 Å². The average molecular weight is 372 g/mol. The fraction of sp³-hybridized carbons (Fsp3) is 0.400. The second-order valence-electron chi connectivity index (χ2n) is 6.63. The highest BCUT2D eigenvalue weighted by Crippen LogP contribution is 2.24. The van der Waals surface area contributed by atoms with Crippen molar-refractivity contribution in [2.24, 2.45) is 0 Å². The molecule has 5 nitrogen and oxygen atoms in total. The molecule has 6 heteroatoms. The van der Waals surface area contributed by atoms with Gasteiger partial charge in [-0.05, 0) is 45.0 Å². The van der Waals surface area contributed by atoms with Gasteiger partial charge in [0, 0.05) is 18.0 Å². The molecule has 26 heavy (non-hydrogen) atoms. The minimum atomic E-state index is -0.182. The largest absolute Gasteiger partial charge is 0.372 e. The zero-order valence-electron chi connectivity index (χ0n) is 15.4. The Hall–Kier alpha value is -2.05. The Morgan fingerprint density at radius 3 is 2.50 bits per heavy atom. The third-order valence-electron chi connectivity index (χ3n) is 4.18. The summed E-state index contributed by atoms with van der Waals surface area (Å²) in [5.41, 5.74) is 0.716. The zero-order chi connectivity index (χ0) is 18.5. The van der Waals surface area contributed by atoms with Gasteiger partial charge < -0.3 is 15.0 Å². The van der Waals surface area contributed by atoms with Gasteiger partial charge in [-0.3, -0.25) is 4.79 Å². The molecule has 0 bridgehead atoms.